The number of benzene rings is 2. The van der Waals surface area contributed by atoms with Crippen LogP contribution in [0.4, 0.5) is 16.2 Å². The van der Waals surface area contributed by atoms with Crippen LogP contribution >= 0.6 is 23.2 Å². The zero-order chi connectivity index (χ0) is 17.0. The Morgan fingerprint density at radius 2 is 1.61 bits per heavy atom. The molecule has 122 valence electrons. The molecule has 2 N–H and O–H groups in total. The van der Waals surface area contributed by atoms with Crippen molar-refractivity contribution in [2.24, 2.45) is 0 Å². The molecule has 23 heavy (non-hydrogen) atoms. The first-order valence-electron chi connectivity index (χ1n) is 6.70. The van der Waals surface area contributed by atoms with Gasteiger partial charge in [-0.3, -0.25) is 0 Å². The maximum Gasteiger partial charge on any atom is 0.323 e. The van der Waals surface area contributed by atoms with E-state index in [9.17, 15) is 4.79 Å². The fourth-order valence-corrected chi connectivity index (χ4v) is 2.27. The van der Waals surface area contributed by atoms with Crippen LogP contribution in [0.2, 0.25) is 10.0 Å². The van der Waals surface area contributed by atoms with Crippen molar-refractivity contribution < 1.29 is 14.3 Å². The van der Waals surface area contributed by atoms with E-state index in [0.717, 1.165) is 5.56 Å². The van der Waals surface area contributed by atoms with Gasteiger partial charge in [0.1, 0.15) is 0 Å². The summed E-state index contributed by atoms with van der Waals surface area (Å²) in [5.41, 5.74) is 1.99. The number of carbonyl (C=O) groups excluding carboxylic acids is 1. The van der Waals surface area contributed by atoms with Gasteiger partial charge in [-0.05, 0) is 36.8 Å². The number of ether oxygens (including phenoxy) is 2. The van der Waals surface area contributed by atoms with Gasteiger partial charge < -0.3 is 20.1 Å². The van der Waals surface area contributed by atoms with Crippen LogP contribution < -0.4 is 20.1 Å². The number of halogens is 2. The van der Waals surface area contributed by atoms with E-state index < -0.39 is 6.03 Å². The molecular weight excluding hydrogens is 339 g/mol. The molecule has 5 nitrogen and oxygen atoms in total. The number of methoxy groups -OCH3 is 2. The zero-order valence-electron chi connectivity index (χ0n) is 12.9. The van der Waals surface area contributed by atoms with Crippen molar-refractivity contribution in [2.45, 2.75) is 6.92 Å². The van der Waals surface area contributed by atoms with Crippen LogP contribution in [0.25, 0.3) is 0 Å². The zero-order valence-corrected chi connectivity index (χ0v) is 14.4. The van der Waals surface area contributed by atoms with Gasteiger partial charge in [-0.25, -0.2) is 4.79 Å². The topological polar surface area (TPSA) is 59.6 Å². The summed E-state index contributed by atoms with van der Waals surface area (Å²) in [7, 11) is 3.09. The highest BCUT2D eigenvalue weighted by molar-refractivity contribution is 6.42. The fourth-order valence-electron chi connectivity index (χ4n) is 1.97. The minimum Gasteiger partial charge on any atom is -0.493 e. The third-order valence-electron chi connectivity index (χ3n) is 3.16. The second-order valence-electron chi connectivity index (χ2n) is 4.73. The van der Waals surface area contributed by atoms with Crippen LogP contribution in [0.1, 0.15) is 5.56 Å². The molecule has 0 radical (unpaired) electrons. The first-order valence-corrected chi connectivity index (χ1v) is 7.46. The lowest BCUT2D eigenvalue weighted by molar-refractivity contribution is 0.262. The number of rotatable bonds is 4. The molecule has 2 aromatic rings. The lowest BCUT2D eigenvalue weighted by Crippen LogP contribution is -2.20. The second-order valence-corrected chi connectivity index (χ2v) is 5.54. The Hall–Kier alpha value is -2.11. The van der Waals surface area contributed by atoms with Gasteiger partial charge in [0.05, 0.1) is 24.3 Å². The largest absolute Gasteiger partial charge is 0.493 e. The summed E-state index contributed by atoms with van der Waals surface area (Å²) in [6, 6.07) is 7.93. The normalized spacial score (nSPS) is 10.1. The molecule has 2 aromatic carbocycles. The molecule has 7 heteroatoms. The van der Waals surface area contributed by atoms with Crippen LogP contribution in [-0.4, -0.2) is 20.3 Å². The van der Waals surface area contributed by atoms with Crippen molar-refractivity contribution >= 4 is 40.6 Å². The molecule has 2 amide bonds. The summed E-state index contributed by atoms with van der Waals surface area (Å²) >= 11 is 11.8. The van der Waals surface area contributed by atoms with Gasteiger partial charge in [-0.2, -0.15) is 0 Å². The summed E-state index contributed by atoms with van der Waals surface area (Å²) in [6.45, 7) is 1.86. The lowest BCUT2D eigenvalue weighted by Gasteiger charge is -2.14. The van der Waals surface area contributed by atoms with E-state index >= 15 is 0 Å². The molecule has 0 aliphatic carbocycles. The molecule has 0 bridgehead atoms. The summed E-state index contributed by atoms with van der Waals surface area (Å²) < 4.78 is 10.4. The van der Waals surface area contributed by atoms with Gasteiger partial charge in [-0.1, -0.05) is 23.2 Å². The molecule has 0 saturated carbocycles. The fraction of sp³-hybridized carbons (Fsp3) is 0.188. The van der Waals surface area contributed by atoms with Gasteiger partial charge in [-0.15, -0.1) is 0 Å². The molecule has 2 rings (SSSR count). The van der Waals surface area contributed by atoms with Crippen molar-refractivity contribution in [3.05, 3.63) is 45.9 Å². The molecule has 0 aliphatic rings. The predicted octanol–water partition coefficient (Wildman–Crippen LogP) is 4.96. The van der Waals surface area contributed by atoms with Crippen LogP contribution in [0, 0.1) is 6.92 Å². The van der Waals surface area contributed by atoms with Crippen molar-refractivity contribution in [1.29, 1.82) is 0 Å². The number of hydrogen-bond acceptors (Lipinski definition) is 3. The minimum absolute atomic E-state index is 0.367. The SMILES string of the molecule is COc1cc(C)c(NC(=O)Nc2ccc(Cl)c(Cl)c2)cc1OC. The Bertz CT molecular complexity index is 736. The molecule has 0 aromatic heterocycles. The number of amides is 2. The predicted molar refractivity (Wildman–Crippen MR) is 93.4 cm³/mol. The molecular formula is C16H16Cl2N2O3. The van der Waals surface area contributed by atoms with E-state index in [-0.39, 0.29) is 0 Å². The van der Waals surface area contributed by atoms with Crippen molar-refractivity contribution in [3.8, 4) is 11.5 Å². The second kappa shape index (κ2) is 7.44. The van der Waals surface area contributed by atoms with Crippen molar-refractivity contribution in [3.63, 3.8) is 0 Å². The van der Waals surface area contributed by atoms with Crippen LogP contribution in [0.3, 0.4) is 0 Å². The first kappa shape index (κ1) is 17.2. The molecule has 0 atom stereocenters. The van der Waals surface area contributed by atoms with E-state index in [1.165, 1.54) is 7.11 Å². The van der Waals surface area contributed by atoms with Gasteiger partial charge >= 0.3 is 6.03 Å². The highest BCUT2D eigenvalue weighted by atomic mass is 35.5. The average Bonchev–Trinajstić information content (AvgIpc) is 2.52. The van der Waals surface area contributed by atoms with Gasteiger partial charge in [0, 0.05) is 17.4 Å². The first-order chi connectivity index (χ1) is 10.9. The Morgan fingerprint density at radius 3 is 2.22 bits per heavy atom. The Balaban J connectivity index is 2.15. The molecule has 0 spiro atoms. The molecule has 0 heterocycles. The highest BCUT2D eigenvalue weighted by Crippen LogP contribution is 2.33. The van der Waals surface area contributed by atoms with Crippen molar-refractivity contribution in [1.82, 2.24) is 0 Å². The Morgan fingerprint density at radius 1 is 0.957 bits per heavy atom. The number of nitrogens with one attached hydrogen (secondary N) is 2. The molecule has 0 fully saturated rings. The van der Waals surface area contributed by atoms with Crippen molar-refractivity contribution in [2.75, 3.05) is 24.9 Å². The third-order valence-corrected chi connectivity index (χ3v) is 3.90. The average molecular weight is 355 g/mol. The Kier molecular flexibility index (Phi) is 5.58. The third kappa shape index (κ3) is 4.21. The summed E-state index contributed by atoms with van der Waals surface area (Å²) in [4.78, 5) is 12.1. The molecule has 0 aliphatic heterocycles. The maximum absolute atomic E-state index is 12.1. The monoisotopic (exact) mass is 354 g/mol. The number of hydrogen-bond donors (Lipinski definition) is 2. The van der Waals surface area contributed by atoms with Gasteiger partial charge in [0.2, 0.25) is 0 Å². The van der Waals surface area contributed by atoms with Gasteiger partial charge in [0.25, 0.3) is 0 Å². The van der Waals surface area contributed by atoms with Crippen LogP contribution in [0.5, 0.6) is 11.5 Å². The van der Waals surface area contributed by atoms with Gasteiger partial charge in [0.15, 0.2) is 11.5 Å². The summed E-state index contributed by atoms with van der Waals surface area (Å²) in [5, 5.41) is 6.24. The van der Waals surface area contributed by atoms with E-state index in [2.05, 4.69) is 10.6 Å². The van der Waals surface area contributed by atoms with E-state index in [1.54, 1.807) is 37.4 Å². The smallest absolute Gasteiger partial charge is 0.323 e. The van der Waals surface area contributed by atoms with E-state index in [1.807, 2.05) is 6.92 Å². The molecule has 0 unspecified atom stereocenters. The number of urea groups is 1. The number of aryl methyl sites for hydroxylation is 1. The molecule has 0 saturated heterocycles. The minimum atomic E-state index is -0.404. The summed E-state index contributed by atoms with van der Waals surface area (Å²) in [5.74, 6) is 1.13. The highest BCUT2D eigenvalue weighted by Gasteiger charge is 2.11. The number of carbonyl (C=O) groups is 1. The van der Waals surface area contributed by atoms with Crippen LogP contribution in [0.15, 0.2) is 30.3 Å². The lowest BCUT2D eigenvalue weighted by atomic mass is 10.1. The Labute approximate surface area is 144 Å². The maximum atomic E-state index is 12.1. The summed E-state index contributed by atoms with van der Waals surface area (Å²) in [6.07, 6.45) is 0. The van der Waals surface area contributed by atoms with E-state index in [4.69, 9.17) is 32.7 Å². The van der Waals surface area contributed by atoms with E-state index in [0.29, 0.717) is 32.9 Å². The van der Waals surface area contributed by atoms with Crippen LogP contribution in [-0.2, 0) is 0 Å². The quantitative estimate of drug-likeness (QED) is 0.815. The number of anilines is 2. The standard InChI is InChI=1S/C16H16Cl2N2O3/c1-9-6-14(22-2)15(23-3)8-13(9)20-16(21)19-10-4-5-11(17)12(18)7-10/h4-8H,1-3H3,(H2,19,20,21).